The first-order chi connectivity index (χ1) is 19.5. The average Bonchev–Trinajstić information content (AvgIpc) is 3.18. The Bertz CT molecular complexity index is 1390. The molecule has 1 saturated heterocycles. The summed E-state index contributed by atoms with van der Waals surface area (Å²) in [6.45, 7) is 12.8. The molecule has 0 radical (unpaired) electrons. The lowest BCUT2D eigenvalue weighted by Crippen LogP contribution is -2.61. The number of nitrogens with zero attached hydrogens (tertiary/aromatic N) is 1. The topological polar surface area (TPSA) is 154 Å². The highest BCUT2D eigenvalue weighted by molar-refractivity contribution is 5.96. The number of amides is 4. The standard InChI is InChI=1S/C30H42F3N5O5/c1-27(2,3)21(37-26(43)30(31,32)33)25(42)38-13-16-19(29(16,6)7)20(38)24(41)36-18(22(34)39)11-14-10-15-12-28(4,5)9-8-17(15)35-23(14)40/h10,16,18-21H,8-9,11-13H2,1-7H3,(H2,34,39)(H,35,40)(H,36,41)(H,37,43)/t16-,18?,19-,20-,21+/m0/s1. The van der Waals surface area contributed by atoms with E-state index in [0.29, 0.717) is 0 Å². The average molecular weight is 610 g/mol. The summed E-state index contributed by atoms with van der Waals surface area (Å²) in [6.07, 6.45) is -3.00. The molecular formula is C30H42F3N5O5. The largest absolute Gasteiger partial charge is 0.471 e. The van der Waals surface area contributed by atoms with Crippen molar-refractivity contribution in [1.29, 1.82) is 0 Å². The van der Waals surface area contributed by atoms with Gasteiger partial charge in [-0.1, -0.05) is 48.5 Å². The monoisotopic (exact) mass is 609 g/mol. The summed E-state index contributed by atoms with van der Waals surface area (Å²) in [7, 11) is 0. The maximum Gasteiger partial charge on any atom is 0.471 e. The zero-order valence-corrected chi connectivity index (χ0v) is 25.7. The molecule has 2 heterocycles. The van der Waals surface area contributed by atoms with Crippen LogP contribution in [0.25, 0.3) is 0 Å². The molecule has 0 aromatic carbocycles. The lowest BCUT2D eigenvalue weighted by Gasteiger charge is -2.38. The fourth-order valence-corrected chi connectivity index (χ4v) is 6.80. The number of alkyl halides is 3. The lowest BCUT2D eigenvalue weighted by atomic mass is 9.75. The Morgan fingerprint density at radius 1 is 1.12 bits per heavy atom. The molecule has 10 nitrogen and oxygen atoms in total. The molecule has 2 fully saturated rings. The Morgan fingerprint density at radius 3 is 2.30 bits per heavy atom. The first-order valence-corrected chi connectivity index (χ1v) is 14.6. The second-order valence-electron chi connectivity index (χ2n) is 14.8. The maximum atomic E-state index is 13.8. The number of piperidine rings is 1. The molecule has 13 heteroatoms. The highest BCUT2D eigenvalue weighted by Crippen LogP contribution is 2.65. The maximum absolute atomic E-state index is 13.8. The van der Waals surface area contributed by atoms with E-state index < -0.39 is 53.3 Å². The molecule has 2 aliphatic carbocycles. The predicted octanol–water partition coefficient (Wildman–Crippen LogP) is 1.98. The molecule has 1 aromatic heterocycles. The molecule has 238 valence electrons. The highest BCUT2D eigenvalue weighted by Gasteiger charge is 2.70. The summed E-state index contributed by atoms with van der Waals surface area (Å²) in [4.78, 5) is 68.8. The van der Waals surface area contributed by atoms with Crippen molar-refractivity contribution < 1.29 is 32.3 Å². The van der Waals surface area contributed by atoms with Crippen LogP contribution in [0.2, 0.25) is 0 Å². The van der Waals surface area contributed by atoms with Gasteiger partial charge in [0.05, 0.1) is 0 Å². The lowest BCUT2D eigenvalue weighted by molar-refractivity contribution is -0.176. The molecule has 43 heavy (non-hydrogen) atoms. The molecule has 4 amide bonds. The molecule has 0 spiro atoms. The number of aromatic nitrogens is 1. The van der Waals surface area contributed by atoms with Crippen molar-refractivity contribution in [2.45, 2.75) is 98.5 Å². The van der Waals surface area contributed by atoms with E-state index in [9.17, 15) is 37.1 Å². The number of carbonyl (C=O) groups is 4. The van der Waals surface area contributed by atoms with E-state index in [1.165, 1.54) is 25.7 Å². The highest BCUT2D eigenvalue weighted by atomic mass is 19.4. The molecule has 1 saturated carbocycles. The number of H-pyrrole nitrogens is 1. The van der Waals surface area contributed by atoms with Gasteiger partial charge in [-0.15, -0.1) is 0 Å². The minimum atomic E-state index is -5.20. The van der Waals surface area contributed by atoms with E-state index in [0.717, 1.165) is 30.5 Å². The molecule has 0 bridgehead atoms. The first-order valence-electron chi connectivity index (χ1n) is 14.6. The zero-order valence-electron chi connectivity index (χ0n) is 25.7. The van der Waals surface area contributed by atoms with E-state index in [1.54, 1.807) is 6.07 Å². The summed E-state index contributed by atoms with van der Waals surface area (Å²) in [6, 6.07) is -2.20. The Balaban J connectivity index is 1.58. The number of carbonyl (C=O) groups excluding carboxylic acids is 4. The molecule has 1 aliphatic heterocycles. The quantitative estimate of drug-likeness (QED) is 0.372. The van der Waals surface area contributed by atoms with Crippen LogP contribution in [0.3, 0.4) is 0 Å². The third-order valence-corrected chi connectivity index (χ3v) is 9.50. The van der Waals surface area contributed by atoms with Gasteiger partial charge in [0, 0.05) is 24.2 Å². The van der Waals surface area contributed by atoms with Crippen molar-refractivity contribution in [3.05, 3.63) is 33.2 Å². The number of primary amides is 1. The van der Waals surface area contributed by atoms with Crippen molar-refractivity contribution in [3.63, 3.8) is 0 Å². The van der Waals surface area contributed by atoms with Crippen molar-refractivity contribution in [2.24, 2.45) is 33.8 Å². The van der Waals surface area contributed by atoms with E-state index in [4.69, 9.17) is 5.73 Å². The smallest absolute Gasteiger partial charge is 0.368 e. The number of aryl methyl sites for hydroxylation is 1. The van der Waals surface area contributed by atoms with Crippen LogP contribution in [0.15, 0.2) is 10.9 Å². The van der Waals surface area contributed by atoms with E-state index >= 15 is 0 Å². The van der Waals surface area contributed by atoms with Crippen LogP contribution in [0.4, 0.5) is 13.2 Å². The first kappa shape index (κ1) is 32.5. The van der Waals surface area contributed by atoms with E-state index in [2.05, 4.69) is 24.1 Å². The van der Waals surface area contributed by atoms with Gasteiger partial charge in [-0.25, -0.2) is 0 Å². The summed E-state index contributed by atoms with van der Waals surface area (Å²) >= 11 is 0. The van der Waals surface area contributed by atoms with Gasteiger partial charge >= 0.3 is 12.1 Å². The van der Waals surface area contributed by atoms with Crippen molar-refractivity contribution in [2.75, 3.05) is 6.54 Å². The second-order valence-corrected chi connectivity index (χ2v) is 14.8. The van der Waals surface area contributed by atoms with Crippen LogP contribution < -0.4 is 21.9 Å². The fraction of sp³-hybridized carbons (Fsp3) is 0.700. The van der Waals surface area contributed by atoms with Crippen LogP contribution in [0.5, 0.6) is 0 Å². The summed E-state index contributed by atoms with van der Waals surface area (Å²) in [5.74, 6) is -5.07. The Morgan fingerprint density at radius 2 is 1.74 bits per heavy atom. The number of hydrogen-bond donors (Lipinski definition) is 4. The SMILES string of the molecule is CC1(C)CCc2[nH]c(=O)c(CC(NC(=O)[C@@H]3[C@@H]4[C@H](CN3C(=O)[C@@H](NC(=O)C(F)(F)F)C(C)(C)C)C4(C)C)C(N)=O)cc2C1. The number of aromatic amines is 1. The molecule has 5 atom stereocenters. The molecule has 1 unspecified atom stereocenters. The van der Waals surface area contributed by atoms with Crippen LogP contribution in [0, 0.1) is 28.1 Å². The van der Waals surface area contributed by atoms with Crippen LogP contribution >= 0.6 is 0 Å². The number of rotatable bonds is 7. The number of nitrogens with one attached hydrogen (secondary N) is 3. The molecule has 1 aromatic rings. The molecule has 5 N–H and O–H groups in total. The van der Waals surface area contributed by atoms with Gasteiger partial charge in [0.2, 0.25) is 17.7 Å². The number of nitrogens with two attached hydrogens (primary N) is 1. The van der Waals surface area contributed by atoms with Crippen molar-refractivity contribution >= 4 is 23.6 Å². The number of halogens is 3. The second kappa shape index (κ2) is 10.7. The van der Waals surface area contributed by atoms with Crippen molar-refractivity contribution in [3.8, 4) is 0 Å². The molecular weight excluding hydrogens is 567 g/mol. The zero-order chi connectivity index (χ0) is 32.4. The fourth-order valence-electron chi connectivity index (χ4n) is 6.80. The van der Waals surface area contributed by atoms with E-state index in [-0.39, 0.29) is 46.8 Å². The van der Waals surface area contributed by atoms with Gasteiger partial charge in [-0.3, -0.25) is 24.0 Å². The van der Waals surface area contributed by atoms with Gasteiger partial charge in [-0.05, 0) is 59.0 Å². The normalized spacial score (nSPS) is 25.2. The minimum absolute atomic E-state index is 0.0381. The predicted molar refractivity (Wildman–Crippen MR) is 151 cm³/mol. The number of hydrogen-bond acceptors (Lipinski definition) is 5. The van der Waals surface area contributed by atoms with Crippen molar-refractivity contribution in [1.82, 2.24) is 20.5 Å². The van der Waals surface area contributed by atoms with Crippen LogP contribution in [-0.4, -0.2) is 64.4 Å². The van der Waals surface area contributed by atoms with E-state index in [1.807, 2.05) is 19.2 Å². The minimum Gasteiger partial charge on any atom is -0.368 e. The third-order valence-electron chi connectivity index (χ3n) is 9.50. The summed E-state index contributed by atoms with van der Waals surface area (Å²) < 4.78 is 39.3. The van der Waals surface area contributed by atoms with Crippen LogP contribution in [0.1, 0.15) is 71.7 Å². The Hall–Kier alpha value is -3.38. The third kappa shape index (κ3) is 6.45. The number of fused-ring (bicyclic) bond motifs is 2. The summed E-state index contributed by atoms with van der Waals surface area (Å²) in [5, 5.41) is 4.44. The van der Waals surface area contributed by atoms with Gasteiger partial charge in [0.1, 0.15) is 18.1 Å². The molecule has 4 rings (SSSR count). The van der Waals surface area contributed by atoms with Gasteiger partial charge < -0.3 is 26.3 Å². The summed E-state index contributed by atoms with van der Waals surface area (Å²) in [5.41, 5.74) is 5.96. The van der Waals surface area contributed by atoms with Crippen LogP contribution in [-0.2, 0) is 38.4 Å². The number of pyridine rings is 1. The van der Waals surface area contributed by atoms with Gasteiger partial charge in [0.15, 0.2) is 0 Å². The van der Waals surface area contributed by atoms with Gasteiger partial charge in [0.25, 0.3) is 5.56 Å². The Labute approximate surface area is 248 Å². The number of likely N-dealkylation sites (tertiary alicyclic amines) is 1. The van der Waals surface area contributed by atoms with Gasteiger partial charge in [-0.2, -0.15) is 13.2 Å². The molecule has 3 aliphatic rings. The Kier molecular flexibility index (Phi) is 8.06.